The van der Waals surface area contributed by atoms with Gasteiger partial charge in [-0.05, 0) is 19.3 Å². The number of carbonyl (C=O) groups excluding carboxylic acids is 1. The smallest absolute Gasteiger partial charge is 0.167 e. The van der Waals surface area contributed by atoms with Crippen molar-refractivity contribution in [3.63, 3.8) is 0 Å². The Kier molecular flexibility index (Phi) is 4.23. The van der Waals surface area contributed by atoms with E-state index in [0.29, 0.717) is 5.78 Å². The minimum Gasteiger partial charge on any atom is -0.390 e. The summed E-state index contributed by atoms with van der Waals surface area (Å²) in [4.78, 5) is 15.7. The summed E-state index contributed by atoms with van der Waals surface area (Å²) >= 11 is 1.66. The van der Waals surface area contributed by atoms with Crippen molar-refractivity contribution in [2.75, 3.05) is 5.75 Å². The summed E-state index contributed by atoms with van der Waals surface area (Å²) in [6, 6.07) is 0. The Morgan fingerprint density at radius 1 is 1.65 bits per heavy atom. The van der Waals surface area contributed by atoms with Crippen LogP contribution in [-0.2, 0) is 18.4 Å². The maximum atomic E-state index is 11.5. The van der Waals surface area contributed by atoms with E-state index in [1.54, 1.807) is 18.0 Å². The van der Waals surface area contributed by atoms with E-state index in [2.05, 4.69) is 4.98 Å². The molecule has 94 valence electrons. The maximum absolute atomic E-state index is 11.5. The summed E-state index contributed by atoms with van der Waals surface area (Å²) < 4.78 is 1.90. The predicted molar refractivity (Wildman–Crippen MR) is 66.8 cm³/mol. The van der Waals surface area contributed by atoms with Crippen LogP contribution in [0.3, 0.4) is 0 Å². The number of ketones is 1. The first kappa shape index (κ1) is 12.6. The van der Waals surface area contributed by atoms with Crippen LogP contribution in [0.25, 0.3) is 0 Å². The zero-order chi connectivity index (χ0) is 12.3. The third-order valence-electron chi connectivity index (χ3n) is 3.33. The van der Waals surface area contributed by atoms with Gasteiger partial charge in [-0.25, -0.2) is 4.98 Å². The first-order chi connectivity index (χ1) is 8.22. The lowest BCUT2D eigenvalue weighted by Gasteiger charge is -2.07. The zero-order valence-electron chi connectivity index (χ0n) is 10.1. The third-order valence-corrected chi connectivity index (χ3v) is 4.41. The first-order valence-electron chi connectivity index (χ1n) is 5.99. The molecule has 0 spiro atoms. The summed E-state index contributed by atoms with van der Waals surface area (Å²) in [6.07, 6.45) is 5.54. The second-order valence-electron chi connectivity index (χ2n) is 4.44. The fourth-order valence-corrected chi connectivity index (χ4v) is 3.22. The third kappa shape index (κ3) is 2.90. The number of carbonyl (C=O) groups is 1. The SMILES string of the molecule is Cn1c(CO)cnc1SCCC1CCCC1=O. The van der Waals surface area contributed by atoms with E-state index in [1.165, 1.54) is 0 Å². The standard InChI is InChI=1S/C12H18N2O2S/c1-14-10(8-15)7-13-12(14)17-6-5-9-3-2-4-11(9)16/h7,9,15H,2-6,8H2,1H3. The van der Waals surface area contributed by atoms with Crippen molar-refractivity contribution < 1.29 is 9.90 Å². The molecule has 0 saturated heterocycles. The Balaban J connectivity index is 1.81. The summed E-state index contributed by atoms with van der Waals surface area (Å²) in [5.41, 5.74) is 0.824. The van der Waals surface area contributed by atoms with Crippen LogP contribution in [0.4, 0.5) is 0 Å². The van der Waals surface area contributed by atoms with Crippen LogP contribution in [0.15, 0.2) is 11.4 Å². The lowest BCUT2D eigenvalue weighted by atomic mass is 10.1. The Labute approximate surface area is 105 Å². The number of imidazole rings is 1. The molecule has 0 radical (unpaired) electrons. The van der Waals surface area contributed by atoms with Crippen LogP contribution >= 0.6 is 11.8 Å². The highest BCUT2D eigenvalue weighted by Gasteiger charge is 2.23. The molecule has 0 amide bonds. The number of hydrogen-bond acceptors (Lipinski definition) is 4. The molecule has 0 bridgehead atoms. The number of aromatic nitrogens is 2. The number of Topliss-reactive ketones (excluding diaryl/α,β-unsaturated/α-hetero) is 1. The van der Waals surface area contributed by atoms with Gasteiger partial charge in [0.25, 0.3) is 0 Å². The van der Waals surface area contributed by atoms with Gasteiger partial charge < -0.3 is 9.67 Å². The largest absolute Gasteiger partial charge is 0.390 e. The van der Waals surface area contributed by atoms with E-state index >= 15 is 0 Å². The number of nitrogens with zero attached hydrogens (tertiary/aromatic N) is 2. The van der Waals surface area contributed by atoms with E-state index in [9.17, 15) is 4.79 Å². The molecule has 5 heteroatoms. The quantitative estimate of drug-likeness (QED) is 0.814. The van der Waals surface area contributed by atoms with Gasteiger partial charge in [0.15, 0.2) is 5.16 Å². The van der Waals surface area contributed by atoms with Gasteiger partial charge in [-0.15, -0.1) is 0 Å². The molecule has 0 aromatic carbocycles. The number of rotatable bonds is 5. The number of thioether (sulfide) groups is 1. The van der Waals surface area contributed by atoms with E-state index in [0.717, 1.165) is 42.3 Å². The number of hydrogen-bond donors (Lipinski definition) is 1. The van der Waals surface area contributed by atoms with Gasteiger partial charge >= 0.3 is 0 Å². The van der Waals surface area contributed by atoms with Crippen molar-refractivity contribution in [1.29, 1.82) is 0 Å². The van der Waals surface area contributed by atoms with Gasteiger partial charge in [-0.3, -0.25) is 4.79 Å². The molecule has 1 aromatic heterocycles. The van der Waals surface area contributed by atoms with Gasteiger partial charge in [0, 0.05) is 25.1 Å². The van der Waals surface area contributed by atoms with Crippen LogP contribution in [0.2, 0.25) is 0 Å². The molecule has 0 aliphatic heterocycles. The normalized spacial score (nSPS) is 20.1. The molecule has 1 aromatic rings. The molecule has 4 nitrogen and oxygen atoms in total. The Morgan fingerprint density at radius 3 is 3.06 bits per heavy atom. The number of aliphatic hydroxyl groups is 1. The van der Waals surface area contributed by atoms with Crippen LogP contribution in [0.1, 0.15) is 31.4 Å². The van der Waals surface area contributed by atoms with Gasteiger partial charge in [-0.2, -0.15) is 0 Å². The highest BCUT2D eigenvalue weighted by Crippen LogP contribution is 2.27. The molecule has 1 fully saturated rings. The van der Waals surface area contributed by atoms with Crippen molar-refractivity contribution in [2.45, 2.75) is 37.4 Å². The maximum Gasteiger partial charge on any atom is 0.167 e. The van der Waals surface area contributed by atoms with Gasteiger partial charge in [-0.1, -0.05) is 11.8 Å². The van der Waals surface area contributed by atoms with Gasteiger partial charge in [0.2, 0.25) is 0 Å². The Hall–Kier alpha value is -0.810. The van der Waals surface area contributed by atoms with E-state index in [-0.39, 0.29) is 12.5 Å². The molecule has 1 saturated carbocycles. The summed E-state index contributed by atoms with van der Waals surface area (Å²) in [6.45, 7) is 0.0190. The minimum atomic E-state index is 0.0190. The molecule has 1 heterocycles. The van der Waals surface area contributed by atoms with Gasteiger partial charge in [0.1, 0.15) is 5.78 Å². The molecule has 1 unspecified atom stereocenters. The van der Waals surface area contributed by atoms with Crippen LogP contribution < -0.4 is 0 Å². The van der Waals surface area contributed by atoms with Crippen LogP contribution in [0.5, 0.6) is 0 Å². The second-order valence-corrected chi connectivity index (χ2v) is 5.50. The lowest BCUT2D eigenvalue weighted by Crippen LogP contribution is -2.07. The fraction of sp³-hybridized carbons (Fsp3) is 0.667. The van der Waals surface area contributed by atoms with Gasteiger partial charge in [0.05, 0.1) is 18.5 Å². The average Bonchev–Trinajstić information content (AvgIpc) is 2.87. The van der Waals surface area contributed by atoms with Crippen LogP contribution in [-0.4, -0.2) is 26.2 Å². The van der Waals surface area contributed by atoms with Crippen LogP contribution in [0, 0.1) is 5.92 Å². The molecule has 2 rings (SSSR count). The zero-order valence-corrected chi connectivity index (χ0v) is 10.9. The molecule has 1 atom stereocenters. The van der Waals surface area contributed by atoms with Crippen molar-refractivity contribution >= 4 is 17.5 Å². The van der Waals surface area contributed by atoms with E-state index in [1.807, 2.05) is 11.6 Å². The highest BCUT2D eigenvalue weighted by atomic mass is 32.2. The molecular weight excluding hydrogens is 236 g/mol. The Morgan fingerprint density at radius 2 is 2.47 bits per heavy atom. The molecule has 1 N–H and O–H groups in total. The van der Waals surface area contributed by atoms with E-state index in [4.69, 9.17) is 5.11 Å². The first-order valence-corrected chi connectivity index (χ1v) is 6.98. The van der Waals surface area contributed by atoms with Crippen molar-refractivity contribution in [3.8, 4) is 0 Å². The molecule has 17 heavy (non-hydrogen) atoms. The topological polar surface area (TPSA) is 55.1 Å². The summed E-state index contributed by atoms with van der Waals surface area (Å²) in [5, 5.41) is 9.97. The average molecular weight is 254 g/mol. The molecule has 1 aliphatic carbocycles. The summed E-state index contributed by atoms with van der Waals surface area (Å²) in [5.74, 6) is 1.63. The lowest BCUT2D eigenvalue weighted by molar-refractivity contribution is -0.120. The predicted octanol–water partition coefficient (Wildman–Crippen LogP) is 1.76. The Bertz CT molecular complexity index is 403. The monoisotopic (exact) mass is 254 g/mol. The summed E-state index contributed by atoms with van der Waals surface area (Å²) in [7, 11) is 1.90. The van der Waals surface area contributed by atoms with Crippen molar-refractivity contribution in [3.05, 3.63) is 11.9 Å². The van der Waals surface area contributed by atoms with E-state index < -0.39 is 0 Å². The molecule has 1 aliphatic rings. The highest BCUT2D eigenvalue weighted by molar-refractivity contribution is 7.99. The van der Waals surface area contributed by atoms with Crippen molar-refractivity contribution in [2.24, 2.45) is 13.0 Å². The van der Waals surface area contributed by atoms with Crippen molar-refractivity contribution in [1.82, 2.24) is 9.55 Å². The number of aliphatic hydroxyl groups excluding tert-OH is 1. The minimum absolute atomic E-state index is 0.0190. The fourth-order valence-electron chi connectivity index (χ4n) is 2.19. The second kappa shape index (κ2) is 5.69. The molecular formula is C12H18N2O2S.